The Balaban J connectivity index is 1.77. The van der Waals surface area contributed by atoms with E-state index in [-0.39, 0.29) is 46.4 Å². The highest BCUT2D eigenvalue weighted by molar-refractivity contribution is 6.24. The van der Waals surface area contributed by atoms with Crippen LogP contribution in [0.15, 0.2) is 52.6 Å². The third-order valence-electron chi connectivity index (χ3n) is 7.09. The van der Waals surface area contributed by atoms with Crippen LogP contribution in [0.25, 0.3) is 0 Å². The summed E-state index contributed by atoms with van der Waals surface area (Å²) < 4.78 is 5.48. The Morgan fingerprint density at radius 1 is 1.09 bits per heavy atom. The quantitative estimate of drug-likeness (QED) is 0.316. The van der Waals surface area contributed by atoms with Gasteiger partial charge in [0.05, 0.1) is 18.9 Å². The minimum Gasteiger partial charge on any atom is -0.507 e. The van der Waals surface area contributed by atoms with Crippen molar-refractivity contribution in [3.05, 3.63) is 58.2 Å². The lowest BCUT2D eigenvalue weighted by Gasteiger charge is -2.42. The van der Waals surface area contributed by atoms with E-state index in [1.165, 1.54) is 19.3 Å². The molecule has 1 aliphatic heterocycles. The molecule has 5 rings (SSSR count). The van der Waals surface area contributed by atoms with Gasteiger partial charge >= 0.3 is 0 Å². The lowest BCUT2D eigenvalue weighted by molar-refractivity contribution is -0.173. The topological polar surface area (TPSA) is 121 Å². The van der Waals surface area contributed by atoms with Gasteiger partial charge in [-0.1, -0.05) is 17.7 Å². The SMILES string of the molecule is COc1cccc(O)c1C1C2=CCC3C(=O)N(O)C(=O)C3C2CC2=C1C(=O)C(C)=CC2=O. The molecule has 0 bridgehead atoms. The van der Waals surface area contributed by atoms with Crippen LogP contribution in [0, 0.1) is 17.8 Å². The fraction of sp³-hybridized carbons (Fsp3) is 0.333. The smallest absolute Gasteiger partial charge is 0.257 e. The van der Waals surface area contributed by atoms with Crippen LogP contribution in [-0.2, 0) is 19.2 Å². The number of Topliss-reactive ketones (excluding diaryl/α,β-unsaturated/α-hetero) is 1. The van der Waals surface area contributed by atoms with E-state index in [0.717, 1.165) is 0 Å². The molecule has 4 aliphatic rings. The molecule has 8 heteroatoms. The van der Waals surface area contributed by atoms with Crippen LogP contribution in [0.1, 0.15) is 31.2 Å². The maximum atomic E-state index is 13.3. The van der Waals surface area contributed by atoms with Crippen molar-refractivity contribution in [2.75, 3.05) is 7.11 Å². The van der Waals surface area contributed by atoms with Crippen LogP contribution in [-0.4, -0.2) is 45.9 Å². The molecule has 0 saturated carbocycles. The fourth-order valence-electron chi connectivity index (χ4n) is 5.68. The highest BCUT2D eigenvalue weighted by Crippen LogP contribution is 2.57. The van der Waals surface area contributed by atoms with Crippen LogP contribution in [0.3, 0.4) is 0 Å². The predicted molar refractivity (Wildman–Crippen MR) is 110 cm³/mol. The van der Waals surface area contributed by atoms with Crippen LogP contribution in [0.5, 0.6) is 11.5 Å². The first-order chi connectivity index (χ1) is 15.3. The molecule has 4 atom stereocenters. The molecule has 0 spiro atoms. The van der Waals surface area contributed by atoms with Gasteiger partial charge in [-0.15, -0.1) is 0 Å². The highest BCUT2D eigenvalue weighted by Gasteiger charge is 2.56. The number of ketones is 2. The summed E-state index contributed by atoms with van der Waals surface area (Å²) in [5.74, 6) is -4.68. The van der Waals surface area contributed by atoms with Crippen LogP contribution >= 0.6 is 0 Å². The van der Waals surface area contributed by atoms with Crippen molar-refractivity contribution in [1.29, 1.82) is 0 Å². The number of hydrogen-bond donors (Lipinski definition) is 2. The van der Waals surface area contributed by atoms with Gasteiger partial charge < -0.3 is 9.84 Å². The minimum atomic E-state index is -0.837. The van der Waals surface area contributed by atoms with Crippen LogP contribution in [0.2, 0.25) is 0 Å². The third-order valence-corrected chi connectivity index (χ3v) is 7.09. The number of amides is 2. The zero-order valence-corrected chi connectivity index (χ0v) is 17.5. The molecule has 8 nitrogen and oxygen atoms in total. The molecule has 1 fully saturated rings. The predicted octanol–water partition coefficient (Wildman–Crippen LogP) is 2.22. The van der Waals surface area contributed by atoms with Gasteiger partial charge in [0.15, 0.2) is 11.6 Å². The number of carbonyl (C=O) groups is 4. The number of allylic oxidation sites excluding steroid dienone is 6. The lowest BCUT2D eigenvalue weighted by Crippen LogP contribution is -2.39. The molecule has 0 radical (unpaired) electrons. The van der Waals surface area contributed by atoms with Crippen molar-refractivity contribution in [3.8, 4) is 11.5 Å². The monoisotopic (exact) mass is 435 g/mol. The number of benzene rings is 1. The van der Waals surface area contributed by atoms with Crippen molar-refractivity contribution in [3.63, 3.8) is 0 Å². The van der Waals surface area contributed by atoms with E-state index < -0.39 is 35.5 Å². The summed E-state index contributed by atoms with van der Waals surface area (Å²) in [4.78, 5) is 51.4. The molecule has 0 aromatic heterocycles. The van der Waals surface area contributed by atoms with Crippen LogP contribution < -0.4 is 4.74 Å². The number of phenolic OH excluding ortho intramolecular Hbond substituents is 1. The molecule has 1 aromatic carbocycles. The number of rotatable bonds is 2. The summed E-state index contributed by atoms with van der Waals surface area (Å²) in [5, 5.41) is 20.9. The first-order valence-electron chi connectivity index (χ1n) is 10.4. The Morgan fingerprint density at radius 2 is 1.84 bits per heavy atom. The van der Waals surface area contributed by atoms with Crippen molar-refractivity contribution in [2.24, 2.45) is 17.8 Å². The number of phenols is 1. The van der Waals surface area contributed by atoms with Gasteiger partial charge in [0.1, 0.15) is 11.5 Å². The van der Waals surface area contributed by atoms with E-state index in [9.17, 15) is 29.5 Å². The van der Waals surface area contributed by atoms with E-state index in [0.29, 0.717) is 22.5 Å². The van der Waals surface area contributed by atoms with Gasteiger partial charge in [0.25, 0.3) is 11.8 Å². The lowest BCUT2D eigenvalue weighted by atomic mass is 9.59. The Hall–Kier alpha value is -3.52. The average molecular weight is 435 g/mol. The summed E-state index contributed by atoms with van der Waals surface area (Å²) in [6.45, 7) is 1.57. The highest BCUT2D eigenvalue weighted by atomic mass is 16.5. The van der Waals surface area contributed by atoms with E-state index in [1.807, 2.05) is 6.08 Å². The number of methoxy groups -OCH3 is 1. The molecule has 2 N–H and O–H groups in total. The van der Waals surface area contributed by atoms with Crippen molar-refractivity contribution in [2.45, 2.75) is 25.7 Å². The zero-order chi connectivity index (χ0) is 22.9. The Morgan fingerprint density at radius 3 is 2.56 bits per heavy atom. The van der Waals surface area contributed by atoms with Crippen molar-refractivity contribution in [1.82, 2.24) is 5.06 Å². The number of hydrogen-bond acceptors (Lipinski definition) is 7. The normalized spacial score (nSPS) is 29.4. The van der Waals surface area contributed by atoms with Gasteiger partial charge in [0.2, 0.25) is 0 Å². The Kier molecular flexibility index (Phi) is 4.46. The number of imide groups is 1. The minimum absolute atomic E-state index is 0.102. The largest absolute Gasteiger partial charge is 0.507 e. The first kappa shape index (κ1) is 20.4. The van der Waals surface area contributed by atoms with E-state index >= 15 is 0 Å². The molecule has 1 heterocycles. The number of nitrogens with zero attached hydrogens (tertiary/aromatic N) is 1. The van der Waals surface area contributed by atoms with Crippen molar-refractivity contribution >= 4 is 23.4 Å². The summed E-state index contributed by atoms with van der Waals surface area (Å²) >= 11 is 0. The number of hydroxylamine groups is 2. The number of carbonyl (C=O) groups excluding carboxylic acids is 4. The molecular formula is C24H21NO7. The number of ether oxygens (including phenoxy) is 1. The molecule has 1 aromatic rings. The molecule has 3 aliphatic carbocycles. The maximum absolute atomic E-state index is 13.3. The molecular weight excluding hydrogens is 414 g/mol. The zero-order valence-electron chi connectivity index (χ0n) is 17.5. The van der Waals surface area contributed by atoms with Gasteiger partial charge in [-0.25, -0.2) is 0 Å². The second kappa shape index (κ2) is 7.00. The maximum Gasteiger partial charge on any atom is 0.257 e. The number of aromatic hydroxyl groups is 1. The molecule has 4 unspecified atom stereocenters. The van der Waals surface area contributed by atoms with Gasteiger partial charge in [-0.3, -0.25) is 24.4 Å². The summed E-state index contributed by atoms with van der Waals surface area (Å²) in [6, 6.07) is 4.74. The molecule has 164 valence electrons. The Labute approximate surface area is 183 Å². The summed E-state index contributed by atoms with van der Waals surface area (Å²) in [5.41, 5.74) is 1.86. The summed E-state index contributed by atoms with van der Waals surface area (Å²) in [6.07, 6.45) is 3.41. The van der Waals surface area contributed by atoms with Gasteiger partial charge in [0, 0.05) is 28.2 Å². The average Bonchev–Trinajstić information content (AvgIpc) is 3.00. The standard InChI is InChI=1S/C24H21NO7/c1-10-8-16(27)14-9-13-11(6-7-12-18(13)24(30)25(31)23(12)29)19(20(14)22(10)28)21-15(26)4-3-5-17(21)32-2/h3-6,8,12-13,18-19,26,31H,7,9H2,1-2H3. The third kappa shape index (κ3) is 2.59. The second-order valence-corrected chi connectivity index (χ2v) is 8.61. The fourth-order valence-corrected chi connectivity index (χ4v) is 5.68. The van der Waals surface area contributed by atoms with E-state index in [4.69, 9.17) is 4.74 Å². The van der Waals surface area contributed by atoms with Gasteiger partial charge in [-0.2, -0.15) is 5.06 Å². The Bertz CT molecular complexity index is 1200. The van der Waals surface area contributed by atoms with Crippen molar-refractivity contribution < 1.29 is 34.2 Å². The molecule has 1 saturated heterocycles. The number of fused-ring (bicyclic) bond motifs is 3. The van der Waals surface area contributed by atoms with Gasteiger partial charge in [-0.05, 0) is 43.9 Å². The van der Waals surface area contributed by atoms with E-state index in [2.05, 4.69) is 0 Å². The first-order valence-corrected chi connectivity index (χ1v) is 10.4. The van der Waals surface area contributed by atoms with Crippen LogP contribution in [0.4, 0.5) is 0 Å². The second-order valence-electron chi connectivity index (χ2n) is 8.61. The summed E-state index contributed by atoms with van der Waals surface area (Å²) in [7, 11) is 1.45. The molecule has 32 heavy (non-hydrogen) atoms. The van der Waals surface area contributed by atoms with E-state index in [1.54, 1.807) is 19.1 Å². The molecule has 2 amide bonds.